The third-order valence-electron chi connectivity index (χ3n) is 3.78. The Morgan fingerprint density at radius 2 is 1.71 bits per heavy atom. The molecule has 126 valence electrons. The van der Waals surface area contributed by atoms with E-state index in [9.17, 15) is 9.59 Å². The molecule has 5 heteroatoms. The Balaban J connectivity index is 2.01. The molecule has 4 nitrogen and oxygen atoms in total. The number of nitrogens with one attached hydrogen (secondary N) is 1. The van der Waals surface area contributed by atoms with Gasteiger partial charge in [0.1, 0.15) is 0 Å². The summed E-state index contributed by atoms with van der Waals surface area (Å²) in [6.45, 7) is 6.00. The Bertz CT molecular complexity index is 771. The summed E-state index contributed by atoms with van der Waals surface area (Å²) in [6, 6.07) is 11.3. The highest BCUT2D eigenvalue weighted by atomic mass is 32.2. The largest absolute Gasteiger partial charge is 0.465 e. The molecule has 2 aromatic rings. The number of carbonyl (C=O) groups is 2. The molecular weight excluding hydrogens is 322 g/mol. The van der Waals surface area contributed by atoms with Crippen LogP contribution in [0.3, 0.4) is 0 Å². The Hall–Kier alpha value is -2.27. The highest BCUT2D eigenvalue weighted by Gasteiger charge is 2.11. The zero-order valence-electron chi connectivity index (χ0n) is 14.3. The van der Waals surface area contributed by atoms with Crippen molar-refractivity contribution in [2.45, 2.75) is 25.7 Å². The average molecular weight is 343 g/mol. The lowest BCUT2D eigenvalue weighted by atomic mass is 10.1. The van der Waals surface area contributed by atoms with Crippen LogP contribution >= 0.6 is 11.8 Å². The van der Waals surface area contributed by atoms with Crippen molar-refractivity contribution in [3.8, 4) is 0 Å². The smallest absolute Gasteiger partial charge is 0.337 e. The minimum Gasteiger partial charge on any atom is -0.465 e. The number of aryl methyl sites for hydroxylation is 3. The SMILES string of the molecule is COC(=O)c1ccc(C)c(NC(=O)CSc2ccc(C)c(C)c2)c1. The predicted octanol–water partition coefficient (Wildman–Crippen LogP) is 4.13. The van der Waals surface area contributed by atoms with Crippen LogP contribution in [0.1, 0.15) is 27.0 Å². The van der Waals surface area contributed by atoms with Gasteiger partial charge in [-0.1, -0.05) is 12.1 Å². The first-order valence-electron chi connectivity index (χ1n) is 7.59. The summed E-state index contributed by atoms with van der Waals surface area (Å²) >= 11 is 1.49. The maximum Gasteiger partial charge on any atom is 0.337 e. The van der Waals surface area contributed by atoms with Gasteiger partial charge in [0.05, 0.1) is 18.4 Å². The number of ether oxygens (including phenoxy) is 1. The number of rotatable bonds is 5. The third kappa shape index (κ3) is 4.61. The highest BCUT2D eigenvalue weighted by molar-refractivity contribution is 8.00. The van der Waals surface area contributed by atoms with Crippen molar-refractivity contribution in [1.29, 1.82) is 0 Å². The van der Waals surface area contributed by atoms with Gasteiger partial charge in [0, 0.05) is 10.6 Å². The molecule has 0 atom stereocenters. The molecule has 2 aromatic carbocycles. The number of benzene rings is 2. The number of hydrogen-bond donors (Lipinski definition) is 1. The highest BCUT2D eigenvalue weighted by Crippen LogP contribution is 2.22. The van der Waals surface area contributed by atoms with Crippen molar-refractivity contribution in [3.05, 3.63) is 58.7 Å². The van der Waals surface area contributed by atoms with Crippen LogP contribution in [0, 0.1) is 20.8 Å². The Morgan fingerprint density at radius 1 is 1.00 bits per heavy atom. The molecule has 1 N–H and O–H groups in total. The minimum atomic E-state index is -0.421. The molecule has 0 aliphatic rings. The van der Waals surface area contributed by atoms with Gasteiger partial charge >= 0.3 is 5.97 Å². The number of esters is 1. The van der Waals surface area contributed by atoms with Crippen molar-refractivity contribution < 1.29 is 14.3 Å². The second kappa shape index (κ2) is 8.02. The van der Waals surface area contributed by atoms with E-state index < -0.39 is 5.97 Å². The summed E-state index contributed by atoms with van der Waals surface area (Å²) in [6.07, 6.45) is 0. The van der Waals surface area contributed by atoms with Gasteiger partial charge in [-0.05, 0) is 61.7 Å². The van der Waals surface area contributed by atoms with Crippen molar-refractivity contribution in [2.75, 3.05) is 18.2 Å². The molecule has 0 spiro atoms. The first-order valence-corrected chi connectivity index (χ1v) is 8.58. The van der Waals surface area contributed by atoms with Gasteiger partial charge in [-0.25, -0.2) is 4.79 Å². The number of carbonyl (C=O) groups excluding carboxylic acids is 2. The summed E-state index contributed by atoms with van der Waals surface area (Å²) < 4.78 is 4.71. The van der Waals surface area contributed by atoms with Crippen molar-refractivity contribution in [1.82, 2.24) is 0 Å². The number of methoxy groups -OCH3 is 1. The average Bonchev–Trinajstić information content (AvgIpc) is 2.57. The van der Waals surface area contributed by atoms with E-state index in [1.54, 1.807) is 18.2 Å². The molecular formula is C19H21NO3S. The van der Waals surface area contributed by atoms with Crippen molar-refractivity contribution >= 4 is 29.3 Å². The van der Waals surface area contributed by atoms with Gasteiger partial charge in [-0.3, -0.25) is 4.79 Å². The van der Waals surface area contributed by atoms with Crippen LogP contribution in [0.25, 0.3) is 0 Å². The molecule has 0 bridgehead atoms. The Kier molecular flexibility index (Phi) is 6.04. The van der Waals surface area contributed by atoms with E-state index >= 15 is 0 Å². The molecule has 0 saturated heterocycles. The van der Waals surface area contributed by atoms with Crippen LogP contribution in [-0.2, 0) is 9.53 Å². The summed E-state index contributed by atoms with van der Waals surface area (Å²) in [7, 11) is 1.33. The van der Waals surface area contributed by atoms with Gasteiger partial charge < -0.3 is 10.1 Å². The molecule has 0 fully saturated rings. The van der Waals surface area contributed by atoms with E-state index in [4.69, 9.17) is 4.74 Å². The molecule has 0 aliphatic heterocycles. The van der Waals surface area contributed by atoms with E-state index in [-0.39, 0.29) is 5.91 Å². The number of hydrogen-bond acceptors (Lipinski definition) is 4. The van der Waals surface area contributed by atoms with Crippen LogP contribution in [0.5, 0.6) is 0 Å². The van der Waals surface area contributed by atoms with E-state index in [1.807, 2.05) is 13.0 Å². The van der Waals surface area contributed by atoms with Crippen LogP contribution in [0.2, 0.25) is 0 Å². The van der Waals surface area contributed by atoms with Gasteiger partial charge in [-0.2, -0.15) is 0 Å². The monoisotopic (exact) mass is 343 g/mol. The lowest BCUT2D eigenvalue weighted by molar-refractivity contribution is -0.113. The number of thioether (sulfide) groups is 1. The van der Waals surface area contributed by atoms with E-state index in [0.717, 1.165) is 10.5 Å². The second-order valence-corrected chi connectivity index (χ2v) is 6.65. The molecule has 2 rings (SSSR count). The lowest BCUT2D eigenvalue weighted by Gasteiger charge is -2.10. The normalized spacial score (nSPS) is 10.3. The van der Waals surface area contributed by atoms with Crippen molar-refractivity contribution in [3.63, 3.8) is 0 Å². The topological polar surface area (TPSA) is 55.4 Å². The summed E-state index contributed by atoms with van der Waals surface area (Å²) in [5.74, 6) is -0.219. The summed E-state index contributed by atoms with van der Waals surface area (Å²) in [4.78, 5) is 24.8. The fourth-order valence-electron chi connectivity index (χ4n) is 2.14. The van der Waals surface area contributed by atoms with E-state index in [0.29, 0.717) is 17.0 Å². The summed E-state index contributed by atoms with van der Waals surface area (Å²) in [5, 5.41) is 2.86. The van der Waals surface area contributed by atoms with Crippen LogP contribution < -0.4 is 5.32 Å². The molecule has 0 aromatic heterocycles. The second-order valence-electron chi connectivity index (χ2n) is 5.60. The minimum absolute atomic E-state index is 0.108. The molecule has 1 amide bonds. The fraction of sp³-hybridized carbons (Fsp3) is 0.263. The van der Waals surface area contributed by atoms with E-state index in [1.165, 1.54) is 30.0 Å². The van der Waals surface area contributed by atoms with Crippen LogP contribution in [-0.4, -0.2) is 24.7 Å². The number of anilines is 1. The zero-order chi connectivity index (χ0) is 17.7. The molecule has 0 unspecified atom stereocenters. The molecule has 0 heterocycles. The quantitative estimate of drug-likeness (QED) is 0.655. The Labute approximate surface area is 146 Å². The predicted molar refractivity (Wildman–Crippen MR) is 97.8 cm³/mol. The zero-order valence-corrected chi connectivity index (χ0v) is 15.1. The van der Waals surface area contributed by atoms with Crippen LogP contribution in [0.4, 0.5) is 5.69 Å². The first-order chi connectivity index (χ1) is 11.4. The third-order valence-corrected chi connectivity index (χ3v) is 4.77. The maximum atomic E-state index is 12.2. The number of amides is 1. The standard InChI is InChI=1S/C19H21NO3S/c1-12-6-8-16(9-14(12)3)24-11-18(21)20-17-10-15(19(22)23-4)7-5-13(17)2/h5-10H,11H2,1-4H3,(H,20,21). The molecule has 0 aliphatic carbocycles. The molecule has 0 saturated carbocycles. The van der Waals surface area contributed by atoms with Gasteiger partial charge in [0.2, 0.25) is 5.91 Å². The fourth-order valence-corrected chi connectivity index (χ4v) is 2.93. The lowest BCUT2D eigenvalue weighted by Crippen LogP contribution is -2.15. The summed E-state index contributed by atoms with van der Waals surface area (Å²) in [5.41, 5.74) is 4.39. The molecule has 0 radical (unpaired) electrons. The maximum absolute atomic E-state index is 12.2. The molecule has 24 heavy (non-hydrogen) atoms. The first kappa shape index (κ1) is 18.1. The van der Waals surface area contributed by atoms with Crippen LogP contribution in [0.15, 0.2) is 41.3 Å². The van der Waals surface area contributed by atoms with Gasteiger partial charge in [0.25, 0.3) is 0 Å². The van der Waals surface area contributed by atoms with Gasteiger partial charge in [-0.15, -0.1) is 11.8 Å². The van der Waals surface area contributed by atoms with E-state index in [2.05, 4.69) is 31.3 Å². The van der Waals surface area contributed by atoms with Crippen molar-refractivity contribution in [2.24, 2.45) is 0 Å². The van der Waals surface area contributed by atoms with Gasteiger partial charge in [0.15, 0.2) is 0 Å². The Morgan fingerprint density at radius 3 is 2.38 bits per heavy atom.